The Bertz CT molecular complexity index is 629. The van der Waals surface area contributed by atoms with E-state index in [9.17, 15) is 22.0 Å². The summed E-state index contributed by atoms with van der Waals surface area (Å²) in [7, 11) is -4.43. The molecular weight excluding hydrogens is 292 g/mol. The Hall–Kier alpha value is -1.54. The van der Waals surface area contributed by atoms with Gasteiger partial charge in [0.1, 0.15) is 23.1 Å². The first-order chi connectivity index (χ1) is 9.07. The van der Waals surface area contributed by atoms with Crippen LogP contribution in [0.1, 0.15) is 19.4 Å². The lowest BCUT2D eigenvalue weighted by atomic mass is 10.2. The van der Waals surface area contributed by atoms with Crippen LogP contribution >= 0.6 is 0 Å². The zero-order chi connectivity index (χ0) is 15.7. The first-order valence-electron chi connectivity index (χ1n) is 5.76. The number of sulfonamides is 1. The molecule has 1 aromatic rings. The minimum absolute atomic E-state index is 0.0317. The van der Waals surface area contributed by atoms with Crippen molar-refractivity contribution >= 4 is 16.0 Å². The lowest BCUT2D eigenvalue weighted by Crippen LogP contribution is -2.41. The maximum Gasteiger partial charge on any atom is 0.318 e. The molecular formula is C12H15F2NO4S. The number of rotatable bonds is 5. The van der Waals surface area contributed by atoms with Gasteiger partial charge in [0.15, 0.2) is 0 Å². The van der Waals surface area contributed by atoms with Gasteiger partial charge in [-0.05, 0) is 38.5 Å². The number of carboxylic acids is 1. The second kappa shape index (κ2) is 5.84. The van der Waals surface area contributed by atoms with E-state index in [2.05, 4.69) is 0 Å². The highest BCUT2D eigenvalue weighted by Gasteiger charge is 2.32. The van der Waals surface area contributed by atoms with Gasteiger partial charge >= 0.3 is 5.97 Å². The van der Waals surface area contributed by atoms with Gasteiger partial charge in [-0.15, -0.1) is 0 Å². The van der Waals surface area contributed by atoms with Crippen LogP contribution in [0.5, 0.6) is 0 Å². The zero-order valence-electron chi connectivity index (χ0n) is 11.2. The van der Waals surface area contributed by atoms with Crippen LogP contribution in [0.4, 0.5) is 8.78 Å². The smallest absolute Gasteiger partial charge is 0.318 e. The van der Waals surface area contributed by atoms with E-state index in [-0.39, 0.29) is 5.56 Å². The van der Waals surface area contributed by atoms with Crippen LogP contribution in [0.2, 0.25) is 0 Å². The third-order valence-electron chi connectivity index (χ3n) is 2.67. The highest BCUT2D eigenvalue weighted by Crippen LogP contribution is 2.23. The normalized spacial score (nSPS) is 12.2. The summed E-state index contributed by atoms with van der Waals surface area (Å²) in [5, 5.41) is 8.74. The number of halogens is 2. The lowest BCUT2D eigenvalue weighted by Gasteiger charge is -2.24. The molecule has 112 valence electrons. The number of nitrogens with zero attached hydrogens (tertiary/aromatic N) is 1. The van der Waals surface area contributed by atoms with Crippen molar-refractivity contribution < 1.29 is 27.1 Å². The number of carbonyl (C=O) groups is 1. The molecule has 0 aliphatic carbocycles. The molecule has 0 fully saturated rings. The molecule has 0 spiro atoms. The molecule has 0 aliphatic heterocycles. The summed E-state index contributed by atoms with van der Waals surface area (Å²) in [5.74, 6) is -3.36. The molecule has 0 aliphatic rings. The van der Waals surface area contributed by atoms with Crippen LogP contribution in [-0.4, -0.2) is 36.4 Å². The molecule has 20 heavy (non-hydrogen) atoms. The predicted molar refractivity (Wildman–Crippen MR) is 67.8 cm³/mol. The second-order valence-electron chi connectivity index (χ2n) is 4.57. The van der Waals surface area contributed by atoms with Crippen molar-refractivity contribution in [2.45, 2.75) is 31.7 Å². The quantitative estimate of drug-likeness (QED) is 0.899. The van der Waals surface area contributed by atoms with Crippen LogP contribution < -0.4 is 0 Å². The average Bonchev–Trinajstić information content (AvgIpc) is 2.29. The molecule has 0 saturated carbocycles. The van der Waals surface area contributed by atoms with E-state index in [1.807, 2.05) is 0 Å². The van der Waals surface area contributed by atoms with E-state index in [1.165, 1.54) is 20.8 Å². The molecule has 0 heterocycles. The summed E-state index contributed by atoms with van der Waals surface area (Å²) < 4.78 is 52.3. The lowest BCUT2D eigenvalue weighted by molar-refractivity contribution is -0.137. The third-order valence-corrected chi connectivity index (χ3v) is 4.70. The van der Waals surface area contributed by atoms with Crippen LogP contribution in [0.15, 0.2) is 17.0 Å². The van der Waals surface area contributed by atoms with Crippen molar-refractivity contribution in [1.82, 2.24) is 4.31 Å². The Morgan fingerprint density at radius 2 is 1.85 bits per heavy atom. The van der Waals surface area contributed by atoms with Crippen molar-refractivity contribution in [3.63, 3.8) is 0 Å². The molecule has 8 heteroatoms. The molecule has 0 amide bonds. The summed E-state index contributed by atoms with van der Waals surface area (Å²) in [6.07, 6.45) is 0. The topological polar surface area (TPSA) is 74.7 Å². The summed E-state index contributed by atoms with van der Waals surface area (Å²) >= 11 is 0. The van der Waals surface area contributed by atoms with E-state index < -0.39 is 45.1 Å². The molecule has 0 bridgehead atoms. The number of carboxylic acid groups (broad SMARTS) is 1. The summed E-state index contributed by atoms with van der Waals surface area (Å²) in [5.41, 5.74) is -0.0317. The molecule has 0 unspecified atom stereocenters. The second-order valence-corrected chi connectivity index (χ2v) is 6.43. The summed E-state index contributed by atoms with van der Waals surface area (Å²) in [4.78, 5) is 9.86. The SMILES string of the molecule is Cc1cc(F)c(S(=O)(=O)N(CC(=O)O)C(C)C)cc1F. The highest BCUT2D eigenvalue weighted by atomic mass is 32.2. The Morgan fingerprint density at radius 3 is 2.30 bits per heavy atom. The Balaban J connectivity index is 3.41. The van der Waals surface area contributed by atoms with Gasteiger partial charge in [0, 0.05) is 6.04 Å². The van der Waals surface area contributed by atoms with Crippen molar-refractivity contribution in [3.8, 4) is 0 Å². The average molecular weight is 307 g/mol. The van der Waals surface area contributed by atoms with E-state index in [4.69, 9.17) is 5.11 Å². The molecule has 5 nitrogen and oxygen atoms in total. The molecule has 1 rings (SSSR count). The summed E-state index contributed by atoms with van der Waals surface area (Å²) in [6, 6.07) is 0.624. The van der Waals surface area contributed by atoms with Gasteiger partial charge in [-0.3, -0.25) is 4.79 Å². The Labute approximate surface area is 115 Å². The largest absolute Gasteiger partial charge is 0.480 e. The maximum atomic E-state index is 13.8. The monoisotopic (exact) mass is 307 g/mol. The fraction of sp³-hybridized carbons (Fsp3) is 0.417. The number of benzene rings is 1. The number of hydrogen-bond acceptors (Lipinski definition) is 3. The number of hydrogen-bond donors (Lipinski definition) is 1. The van der Waals surface area contributed by atoms with Crippen LogP contribution in [0.3, 0.4) is 0 Å². The van der Waals surface area contributed by atoms with E-state index >= 15 is 0 Å². The van der Waals surface area contributed by atoms with Crippen molar-refractivity contribution in [3.05, 3.63) is 29.3 Å². The van der Waals surface area contributed by atoms with Crippen molar-refractivity contribution in [2.24, 2.45) is 0 Å². The van der Waals surface area contributed by atoms with Gasteiger partial charge < -0.3 is 5.11 Å². The van der Waals surface area contributed by atoms with Gasteiger partial charge in [0.05, 0.1) is 0 Å². The Kier molecular flexibility index (Phi) is 4.82. The number of aryl methyl sites for hydroxylation is 1. The van der Waals surface area contributed by atoms with Crippen LogP contribution in [-0.2, 0) is 14.8 Å². The van der Waals surface area contributed by atoms with Gasteiger partial charge in [-0.1, -0.05) is 0 Å². The van der Waals surface area contributed by atoms with Crippen molar-refractivity contribution in [1.29, 1.82) is 0 Å². The number of aliphatic carboxylic acids is 1. The first kappa shape index (κ1) is 16.5. The Morgan fingerprint density at radius 1 is 1.30 bits per heavy atom. The standard InChI is InChI=1S/C12H15F2NO4S/c1-7(2)15(6-12(16)17)20(18,19)11-5-9(13)8(3)4-10(11)14/h4-5,7H,6H2,1-3H3,(H,16,17). The van der Waals surface area contributed by atoms with E-state index in [0.717, 1.165) is 6.07 Å². The van der Waals surface area contributed by atoms with Gasteiger partial charge in [-0.25, -0.2) is 17.2 Å². The molecule has 0 saturated heterocycles. The predicted octanol–water partition coefficient (Wildman–Crippen LogP) is 1.76. The van der Waals surface area contributed by atoms with Gasteiger partial charge in [0.25, 0.3) is 0 Å². The molecule has 1 N–H and O–H groups in total. The minimum Gasteiger partial charge on any atom is -0.480 e. The highest BCUT2D eigenvalue weighted by molar-refractivity contribution is 7.89. The maximum absolute atomic E-state index is 13.8. The first-order valence-corrected chi connectivity index (χ1v) is 7.20. The van der Waals surface area contributed by atoms with Gasteiger partial charge in [0.2, 0.25) is 10.0 Å². The fourth-order valence-corrected chi connectivity index (χ4v) is 3.28. The molecule has 0 atom stereocenters. The minimum atomic E-state index is -4.43. The summed E-state index contributed by atoms with van der Waals surface area (Å²) in [6.45, 7) is 3.37. The molecule has 1 aromatic carbocycles. The van der Waals surface area contributed by atoms with Crippen LogP contribution in [0, 0.1) is 18.6 Å². The fourth-order valence-electron chi connectivity index (χ4n) is 1.63. The van der Waals surface area contributed by atoms with Gasteiger partial charge in [-0.2, -0.15) is 4.31 Å². The molecule has 0 radical (unpaired) electrons. The third kappa shape index (κ3) is 3.31. The van der Waals surface area contributed by atoms with E-state index in [1.54, 1.807) is 0 Å². The van der Waals surface area contributed by atoms with Crippen LogP contribution in [0.25, 0.3) is 0 Å². The zero-order valence-corrected chi connectivity index (χ0v) is 12.0. The van der Waals surface area contributed by atoms with E-state index in [0.29, 0.717) is 10.4 Å². The van der Waals surface area contributed by atoms with Crippen molar-refractivity contribution in [2.75, 3.05) is 6.54 Å². The molecule has 0 aromatic heterocycles.